The zero-order valence-corrected chi connectivity index (χ0v) is 18.2. The van der Waals surface area contributed by atoms with E-state index in [0.29, 0.717) is 34.9 Å². The quantitative estimate of drug-likeness (QED) is 0.445. The number of carbonyl (C=O) groups excluding carboxylic acids is 2. The van der Waals surface area contributed by atoms with Gasteiger partial charge in [0.15, 0.2) is 17.2 Å². The number of rotatable bonds is 6. The second-order valence-electron chi connectivity index (χ2n) is 6.99. The van der Waals surface area contributed by atoms with Gasteiger partial charge in [-0.25, -0.2) is 9.07 Å². The van der Waals surface area contributed by atoms with Gasteiger partial charge in [-0.1, -0.05) is 11.6 Å². The maximum Gasteiger partial charge on any atom is 0.325 e. The van der Waals surface area contributed by atoms with Crippen LogP contribution < -0.4 is 14.8 Å². The Balaban J connectivity index is 1.87. The Hall–Kier alpha value is -3.59. The third kappa shape index (κ3) is 3.64. The molecule has 0 atom stereocenters. The number of amides is 1. The topological polar surface area (TPSA) is 91.7 Å². The van der Waals surface area contributed by atoms with E-state index >= 15 is 0 Å². The SMILES string of the molecule is COC(=O)CNC(=O)c1nn(-c2ccc(F)c(Cl)c2)c2c1Cc1cc(OC)c(OC)cc1-2. The summed E-state index contributed by atoms with van der Waals surface area (Å²) >= 11 is 5.99. The predicted octanol–water partition coefficient (Wildman–Crippen LogP) is 3.16. The highest BCUT2D eigenvalue weighted by molar-refractivity contribution is 6.30. The Morgan fingerprint density at radius 3 is 2.53 bits per heavy atom. The Labute approximate surface area is 187 Å². The van der Waals surface area contributed by atoms with E-state index < -0.39 is 17.7 Å². The predicted molar refractivity (Wildman–Crippen MR) is 114 cm³/mol. The number of nitrogens with zero attached hydrogens (tertiary/aromatic N) is 2. The molecule has 0 saturated carbocycles. The third-order valence-corrected chi connectivity index (χ3v) is 5.49. The summed E-state index contributed by atoms with van der Waals surface area (Å²) in [4.78, 5) is 24.3. The maximum absolute atomic E-state index is 13.8. The van der Waals surface area contributed by atoms with Crippen LogP contribution in [0.1, 0.15) is 21.6 Å². The van der Waals surface area contributed by atoms with Crippen LogP contribution in [0, 0.1) is 5.82 Å². The van der Waals surface area contributed by atoms with Crippen LogP contribution in [0.4, 0.5) is 4.39 Å². The third-order valence-electron chi connectivity index (χ3n) is 5.20. The lowest BCUT2D eigenvalue weighted by molar-refractivity contribution is -0.139. The van der Waals surface area contributed by atoms with Crippen molar-refractivity contribution in [2.45, 2.75) is 6.42 Å². The molecule has 0 spiro atoms. The summed E-state index contributed by atoms with van der Waals surface area (Å²) in [5.74, 6) is -0.622. The van der Waals surface area contributed by atoms with Crippen LogP contribution in [0.2, 0.25) is 5.02 Å². The first-order chi connectivity index (χ1) is 15.4. The van der Waals surface area contributed by atoms with Crippen molar-refractivity contribution in [3.05, 3.63) is 58.0 Å². The molecule has 1 aromatic heterocycles. The highest BCUT2D eigenvalue weighted by Gasteiger charge is 2.32. The number of hydrogen-bond acceptors (Lipinski definition) is 6. The van der Waals surface area contributed by atoms with Crippen LogP contribution in [0.15, 0.2) is 30.3 Å². The lowest BCUT2D eigenvalue weighted by atomic mass is 10.1. The Morgan fingerprint density at radius 2 is 1.88 bits per heavy atom. The summed E-state index contributed by atoms with van der Waals surface area (Å²) in [6, 6.07) is 7.82. The Bertz CT molecular complexity index is 1240. The second kappa shape index (κ2) is 8.51. The lowest BCUT2D eigenvalue weighted by Crippen LogP contribution is -2.31. The molecule has 1 heterocycles. The van der Waals surface area contributed by atoms with E-state index in [1.165, 1.54) is 37.1 Å². The second-order valence-corrected chi connectivity index (χ2v) is 7.39. The van der Waals surface area contributed by atoms with E-state index in [-0.39, 0.29) is 17.3 Å². The van der Waals surface area contributed by atoms with Gasteiger partial charge in [0.1, 0.15) is 12.4 Å². The fourth-order valence-corrected chi connectivity index (χ4v) is 3.84. The van der Waals surface area contributed by atoms with Crippen molar-refractivity contribution in [2.75, 3.05) is 27.9 Å². The first kappa shape index (κ1) is 21.6. The van der Waals surface area contributed by atoms with Crippen molar-refractivity contribution in [3.63, 3.8) is 0 Å². The number of carbonyl (C=O) groups is 2. The molecule has 32 heavy (non-hydrogen) atoms. The number of fused-ring (bicyclic) bond motifs is 3. The molecule has 1 aliphatic carbocycles. The van der Waals surface area contributed by atoms with E-state index in [2.05, 4.69) is 15.2 Å². The maximum atomic E-state index is 13.8. The molecule has 4 rings (SSSR count). The van der Waals surface area contributed by atoms with E-state index in [4.69, 9.17) is 21.1 Å². The van der Waals surface area contributed by atoms with Crippen molar-refractivity contribution >= 4 is 23.5 Å². The average Bonchev–Trinajstić information content (AvgIpc) is 3.34. The number of methoxy groups -OCH3 is 3. The van der Waals surface area contributed by atoms with Gasteiger partial charge in [0.05, 0.1) is 37.7 Å². The van der Waals surface area contributed by atoms with Crippen molar-refractivity contribution in [1.29, 1.82) is 0 Å². The molecule has 1 aliphatic rings. The van der Waals surface area contributed by atoms with Crippen LogP contribution in [0.3, 0.4) is 0 Å². The van der Waals surface area contributed by atoms with Gasteiger partial charge in [-0.05, 0) is 35.9 Å². The van der Waals surface area contributed by atoms with Gasteiger partial charge in [0, 0.05) is 17.5 Å². The van der Waals surface area contributed by atoms with E-state index in [1.54, 1.807) is 13.2 Å². The smallest absolute Gasteiger partial charge is 0.325 e. The van der Waals surface area contributed by atoms with Crippen molar-refractivity contribution < 1.29 is 28.2 Å². The van der Waals surface area contributed by atoms with Gasteiger partial charge >= 0.3 is 5.97 Å². The molecular formula is C22H19ClFN3O5. The van der Waals surface area contributed by atoms with Crippen molar-refractivity contribution in [2.24, 2.45) is 0 Å². The molecule has 10 heteroatoms. The van der Waals surface area contributed by atoms with Crippen molar-refractivity contribution in [1.82, 2.24) is 15.1 Å². The Kier molecular flexibility index (Phi) is 5.75. The van der Waals surface area contributed by atoms with E-state index in [9.17, 15) is 14.0 Å². The highest BCUT2D eigenvalue weighted by Crippen LogP contribution is 2.44. The van der Waals surface area contributed by atoms with E-state index in [0.717, 1.165) is 11.1 Å². The van der Waals surface area contributed by atoms with E-state index in [1.807, 2.05) is 6.07 Å². The molecule has 0 saturated heterocycles. The van der Waals surface area contributed by atoms with Gasteiger partial charge in [0.2, 0.25) is 0 Å². The van der Waals surface area contributed by atoms with Crippen molar-refractivity contribution in [3.8, 4) is 28.4 Å². The first-order valence-electron chi connectivity index (χ1n) is 9.55. The summed E-state index contributed by atoms with van der Waals surface area (Å²) < 4.78 is 30.7. The molecule has 0 aliphatic heterocycles. The van der Waals surface area contributed by atoms with Gasteiger partial charge < -0.3 is 19.5 Å². The number of aromatic nitrogens is 2. The minimum atomic E-state index is -0.586. The number of esters is 1. The molecule has 0 fully saturated rings. The number of hydrogen-bond donors (Lipinski definition) is 1. The van der Waals surface area contributed by atoms with Gasteiger partial charge in [-0.3, -0.25) is 9.59 Å². The van der Waals surface area contributed by atoms with Crippen LogP contribution >= 0.6 is 11.6 Å². The minimum Gasteiger partial charge on any atom is -0.493 e. The fourth-order valence-electron chi connectivity index (χ4n) is 3.67. The minimum absolute atomic E-state index is 0.0750. The molecule has 1 N–H and O–H groups in total. The normalized spacial score (nSPS) is 11.5. The van der Waals surface area contributed by atoms with Gasteiger partial charge in [0.25, 0.3) is 5.91 Å². The molecule has 3 aromatic rings. The highest BCUT2D eigenvalue weighted by atomic mass is 35.5. The summed E-state index contributed by atoms with van der Waals surface area (Å²) in [6.07, 6.45) is 0.404. The fraction of sp³-hybridized carbons (Fsp3) is 0.227. The molecule has 8 nitrogen and oxygen atoms in total. The monoisotopic (exact) mass is 459 g/mol. The summed E-state index contributed by atoms with van der Waals surface area (Å²) in [5, 5.41) is 6.91. The molecule has 2 aromatic carbocycles. The average molecular weight is 460 g/mol. The number of ether oxygens (including phenoxy) is 3. The van der Waals surface area contributed by atoms with Crippen LogP contribution in [0.5, 0.6) is 11.5 Å². The van der Waals surface area contributed by atoms with Gasteiger partial charge in [-0.2, -0.15) is 5.10 Å². The summed E-state index contributed by atoms with van der Waals surface area (Å²) in [5.41, 5.74) is 3.60. The standard InChI is InChI=1S/C22H19ClFN3O5/c1-30-17-7-11-6-14-20(22(29)25-10-19(28)32-3)26-27(12-4-5-16(24)15(23)8-12)21(14)13(11)9-18(17)31-2/h4-5,7-9H,6,10H2,1-3H3,(H,25,29). The van der Waals surface area contributed by atoms with Crippen LogP contribution in [-0.4, -0.2) is 49.5 Å². The first-order valence-corrected chi connectivity index (χ1v) is 9.93. The molecular weight excluding hydrogens is 441 g/mol. The zero-order chi connectivity index (χ0) is 23.0. The molecule has 166 valence electrons. The zero-order valence-electron chi connectivity index (χ0n) is 17.5. The van der Waals surface area contributed by atoms with Gasteiger partial charge in [-0.15, -0.1) is 0 Å². The summed E-state index contributed by atoms with van der Waals surface area (Å²) in [7, 11) is 4.31. The lowest BCUT2D eigenvalue weighted by Gasteiger charge is -2.12. The summed E-state index contributed by atoms with van der Waals surface area (Å²) in [6.45, 7) is -0.298. The molecule has 0 unspecified atom stereocenters. The molecule has 0 radical (unpaired) electrons. The van der Waals surface area contributed by atoms with Crippen LogP contribution in [-0.2, 0) is 16.0 Å². The molecule has 1 amide bonds. The number of nitrogens with one attached hydrogen (secondary N) is 1. The molecule has 0 bridgehead atoms. The Morgan fingerprint density at radius 1 is 1.16 bits per heavy atom. The largest absolute Gasteiger partial charge is 0.493 e. The van der Waals surface area contributed by atoms with Crippen LogP contribution in [0.25, 0.3) is 16.9 Å². The number of halogens is 2. The number of benzene rings is 2.